The van der Waals surface area contributed by atoms with Gasteiger partial charge < -0.3 is 9.64 Å². The van der Waals surface area contributed by atoms with Crippen molar-refractivity contribution in [1.82, 2.24) is 9.80 Å². The van der Waals surface area contributed by atoms with Crippen LogP contribution in [0.2, 0.25) is 0 Å². The van der Waals surface area contributed by atoms with Crippen LogP contribution in [0.1, 0.15) is 43.2 Å². The van der Waals surface area contributed by atoms with Crippen molar-refractivity contribution in [3.63, 3.8) is 0 Å². The highest BCUT2D eigenvalue weighted by Gasteiger charge is 2.36. The molecular weight excluding hydrogens is 373 g/mol. The summed E-state index contributed by atoms with van der Waals surface area (Å²) in [4.78, 5) is 28.5. The monoisotopic (exact) mass is 398 g/mol. The van der Waals surface area contributed by atoms with Crippen molar-refractivity contribution < 1.29 is 27.5 Å². The lowest BCUT2D eigenvalue weighted by molar-refractivity contribution is -0.150. The zero-order valence-electron chi connectivity index (χ0n) is 15.9. The fourth-order valence-corrected chi connectivity index (χ4v) is 3.65. The van der Waals surface area contributed by atoms with Crippen LogP contribution in [0, 0.1) is 0 Å². The van der Waals surface area contributed by atoms with Gasteiger partial charge >= 0.3 is 12.1 Å². The largest absolute Gasteiger partial charge is 0.468 e. The molecule has 3 rings (SSSR count). The van der Waals surface area contributed by atoms with Gasteiger partial charge in [0, 0.05) is 12.6 Å². The molecule has 1 unspecified atom stereocenters. The highest BCUT2D eigenvalue weighted by Crippen LogP contribution is 2.31. The van der Waals surface area contributed by atoms with Crippen LogP contribution >= 0.6 is 0 Å². The van der Waals surface area contributed by atoms with Crippen molar-refractivity contribution in [3.05, 3.63) is 35.4 Å². The van der Waals surface area contributed by atoms with Crippen molar-refractivity contribution in [1.29, 1.82) is 0 Å². The molecule has 1 heterocycles. The van der Waals surface area contributed by atoms with Crippen LogP contribution < -0.4 is 0 Å². The summed E-state index contributed by atoms with van der Waals surface area (Å²) in [5.41, 5.74) is -0.0359. The molecule has 0 radical (unpaired) electrons. The molecular formula is C20H25F3N2O3. The highest BCUT2D eigenvalue weighted by molar-refractivity contribution is 5.81. The van der Waals surface area contributed by atoms with Crippen LogP contribution in [-0.4, -0.2) is 54.0 Å². The van der Waals surface area contributed by atoms with E-state index in [-0.39, 0.29) is 31.0 Å². The van der Waals surface area contributed by atoms with E-state index < -0.39 is 17.8 Å². The molecule has 5 nitrogen and oxygen atoms in total. The Balaban J connectivity index is 1.66. The number of piperidine rings is 1. The van der Waals surface area contributed by atoms with Gasteiger partial charge in [-0.05, 0) is 49.9 Å². The second kappa shape index (κ2) is 8.51. The smallest absolute Gasteiger partial charge is 0.416 e. The quantitative estimate of drug-likeness (QED) is 0.691. The maximum atomic E-state index is 12.9. The standard InChI is InChI=1S/C20H25F3N2O3/c1-28-19(27)17-4-2-3-11-24(17)13-18(26)25(16-9-10-16)12-14-5-7-15(8-6-14)20(21,22)23/h5-8,16-17H,2-4,9-13H2,1H3. The molecule has 8 heteroatoms. The van der Waals surface area contributed by atoms with Crippen LogP contribution in [-0.2, 0) is 27.0 Å². The molecule has 1 amide bonds. The van der Waals surface area contributed by atoms with Gasteiger partial charge in [0.25, 0.3) is 0 Å². The third-order valence-corrected chi connectivity index (χ3v) is 5.37. The summed E-state index contributed by atoms with van der Waals surface area (Å²) in [5, 5.41) is 0. The Morgan fingerprint density at radius 2 is 1.82 bits per heavy atom. The molecule has 1 atom stereocenters. The number of methoxy groups -OCH3 is 1. The van der Waals surface area contributed by atoms with Gasteiger partial charge in [-0.3, -0.25) is 14.5 Å². The zero-order chi connectivity index (χ0) is 20.3. The number of hydrogen-bond acceptors (Lipinski definition) is 4. The first-order valence-corrected chi connectivity index (χ1v) is 9.57. The predicted octanol–water partition coefficient (Wildman–Crippen LogP) is 3.22. The second-order valence-corrected chi connectivity index (χ2v) is 7.45. The van der Waals surface area contributed by atoms with Gasteiger partial charge in [-0.2, -0.15) is 13.2 Å². The van der Waals surface area contributed by atoms with E-state index in [0.29, 0.717) is 18.5 Å². The molecule has 2 aliphatic rings. The Labute approximate surface area is 162 Å². The molecule has 0 spiro atoms. The summed E-state index contributed by atoms with van der Waals surface area (Å²) in [6.45, 7) is 1.06. The Hall–Kier alpha value is -2.09. The molecule has 154 valence electrons. The van der Waals surface area contributed by atoms with Crippen molar-refractivity contribution in [2.24, 2.45) is 0 Å². The Morgan fingerprint density at radius 3 is 2.39 bits per heavy atom. The number of hydrogen-bond donors (Lipinski definition) is 0. The molecule has 1 saturated carbocycles. The number of carbonyl (C=O) groups excluding carboxylic acids is 2. The summed E-state index contributed by atoms with van der Waals surface area (Å²) >= 11 is 0. The van der Waals surface area contributed by atoms with Crippen LogP contribution in [0.25, 0.3) is 0 Å². The lowest BCUT2D eigenvalue weighted by Gasteiger charge is -2.35. The normalized spacial score (nSPS) is 20.6. The fourth-order valence-electron chi connectivity index (χ4n) is 3.65. The predicted molar refractivity (Wildman–Crippen MR) is 96.2 cm³/mol. The minimum Gasteiger partial charge on any atom is -0.468 e. The van der Waals surface area contributed by atoms with Gasteiger partial charge in [0.15, 0.2) is 0 Å². The minimum atomic E-state index is -4.37. The number of amides is 1. The number of rotatable bonds is 6. The average molecular weight is 398 g/mol. The number of ether oxygens (including phenoxy) is 1. The maximum absolute atomic E-state index is 12.9. The van der Waals surface area contributed by atoms with Gasteiger partial charge in [0.05, 0.1) is 19.2 Å². The fraction of sp³-hybridized carbons (Fsp3) is 0.600. The summed E-state index contributed by atoms with van der Waals surface area (Å²) in [6, 6.07) is 4.64. The van der Waals surface area contributed by atoms with Crippen LogP contribution in [0.4, 0.5) is 13.2 Å². The van der Waals surface area contributed by atoms with Crippen LogP contribution in [0.15, 0.2) is 24.3 Å². The number of alkyl halides is 3. The van der Waals surface area contributed by atoms with E-state index in [1.807, 2.05) is 4.90 Å². The Bertz CT molecular complexity index is 702. The molecule has 0 N–H and O–H groups in total. The number of halogens is 3. The van der Waals surface area contributed by atoms with Crippen molar-refractivity contribution in [3.8, 4) is 0 Å². The van der Waals surface area contributed by atoms with Crippen molar-refractivity contribution in [2.45, 2.75) is 56.9 Å². The van der Waals surface area contributed by atoms with Gasteiger partial charge in [-0.15, -0.1) is 0 Å². The van der Waals surface area contributed by atoms with E-state index >= 15 is 0 Å². The molecule has 2 fully saturated rings. The van der Waals surface area contributed by atoms with Gasteiger partial charge in [0.1, 0.15) is 6.04 Å². The Kier molecular flexibility index (Phi) is 6.27. The van der Waals surface area contributed by atoms with Crippen LogP contribution in [0.5, 0.6) is 0 Å². The first-order chi connectivity index (χ1) is 13.3. The first-order valence-electron chi connectivity index (χ1n) is 9.57. The summed E-state index contributed by atoms with van der Waals surface area (Å²) in [5.74, 6) is -0.425. The number of nitrogens with zero attached hydrogens (tertiary/aromatic N) is 2. The number of benzene rings is 1. The molecule has 1 aliphatic carbocycles. The SMILES string of the molecule is COC(=O)C1CCCCN1CC(=O)N(Cc1ccc(C(F)(F)F)cc1)C1CC1. The zero-order valence-corrected chi connectivity index (χ0v) is 15.9. The highest BCUT2D eigenvalue weighted by atomic mass is 19.4. The third-order valence-electron chi connectivity index (χ3n) is 5.37. The average Bonchev–Trinajstić information content (AvgIpc) is 3.50. The van der Waals surface area contributed by atoms with E-state index in [4.69, 9.17) is 4.74 Å². The van der Waals surface area contributed by atoms with E-state index in [1.54, 1.807) is 4.90 Å². The topological polar surface area (TPSA) is 49.9 Å². The number of esters is 1. The lowest BCUT2D eigenvalue weighted by atomic mass is 10.0. The second-order valence-electron chi connectivity index (χ2n) is 7.45. The van der Waals surface area contributed by atoms with Gasteiger partial charge in [-0.25, -0.2) is 0 Å². The molecule has 0 bridgehead atoms. The van der Waals surface area contributed by atoms with Crippen LogP contribution in [0.3, 0.4) is 0 Å². The van der Waals surface area contributed by atoms with Gasteiger partial charge in [0.2, 0.25) is 5.91 Å². The minimum absolute atomic E-state index is 0.0989. The summed E-state index contributed by atoms with van der Waals surface area (Å²) < 4.78 is 43.1. The molecule has 1 aromatic rings. The molecule has 1 aromatic carbocycles. The third kappa shape index (κ3) is 5.04. The van der Waals surface area contributed by atoms with E-state index in [9.17, 15) is 22.8 Å². The molecule has 1 saturated heterocycles. The molecule has 0 aromatic heterocycles. The lowest BCUT2D eigenvalue weighted by Crippen LogP contribution is -2.50. The molecule has 28 heavy (non-hydrogen) atoms. The van der Waals surface area contributed by atoms with Crippen molar-refractivity contribution >= 4 is 11.9 Å². The van der Waals surface area contributed by atoms with E-state index in [2.05, 4.69) is 0 Å². The first kappa shape index (κ1) is 20.6. The summed E-state index contributed by atoms with van der Waals surface area (Å²) in [6.07, 6.45) is -0.0744. The molecule has 1 aliphatic heterocycles. The number of likely N-dealkylation sites (tertiary alicyclic amines) is 1. The summed E-state index contributed by atoms with van der Waals surface area (Å²) in [7, 11) is 1.35. The van der Waals surface area contributed by atoms with Gasteiger partial charge in [-0.1, -0.05) is 18.6 Å². The van der Waals surface area contributed by atoms with Crippen molar-refractivity contribution in [2.75, 3.05) is 20.2 Å². The maximum Gasteiger partial charge on any atom is 0.416 e. The van der Waals surface area contributed by atoms with E-state index in [1.165, 1.54) is 19.2 Å². The van der Waals surface area contributed by atoms with E-state index in [0.717, 1.165) is 37.8 Å². The number of carbonyl (C=O) groups is 2. The Morgan fingerprint density at radius 1 is 1.14 bits per heavy atom.